The van der Waals surface area contributed by atoms with Crippen molar-refractivity contribution in [3.63, 3.8) is 0 Å². The highest BCUT2D eigenvalue weighted by Crippen LogP contribution is 2.29. The maximum absolute atomic E-state index is 13.5. The number of nitrogens with one attached hydrogen (secondary N) is 1. The molecule has 3 N–H and O–H groups in total. The van der Waals surface area contributed by atoms with Gasteiger partial charge in [0.25, 0.3) is 0 Å². The van der Waals surface area contributed by atoms with Crippen molar-refractivity contribution in [2.24, 2.45) is 0 Å². The first-order valence-electron chi connectivity index (χ1n) is 8.62. The van der Waals surface area contributed by atoms with E-state index in [2.05, 4.69) is 17.4 Å². The van der Waals surface area contributed by atoms with Gasteiger partial charge in [-0.3, -0.25) is 0 Å². The largest absolute Gasteiger partial charge is 0.505 e. The molecule has 3 atom stereocenters. The van der Waals surface area contributed by atoms with E-state index in [4.69, 9.17) is 4.74 Å². The van der Waals surface area contributed by atoms with Crippen LogP contribution in [-0.2, 0) is 6.42 Å². The number of halogens is 2. The van der Waals surface area contributed by atoms with Crippen LogP contribution in [0.25, 0.3) is 0 Å². The number of rotatable bonds is 6. The van der Waals surface area contributed by atoms with Crippen LogP contribution < -0.4 is 10.1 Å². The summed E-state index contributed by atoms with van der Waals surface area (Å²) in [6.45, 7) is 0. The zero-order chi connectivity index (χ0) is 17.8. The van der Waals surface area contributed by atoms with Crippen LogP contribution in [-0.4, -0.2) is 29.4 Å². The lowest BCUT2D eigenvalue weighted by Gasteiger charge is -2.20. The predicted octanol–water partition coefficient (Wildman–Crippen LogP) is 3.75. The molecule has 0 aromatic heterocycles. The van der Waals surface area contributed by atoms with Gasteiger partial charge in [0.1, 0.15) is 5.75 Å². The van der Waals surface area contributed by atoms with Gasteiger partial charge in [-0.1, -0.05) is 18.2 Å². The molecule has 0 saturated carbocycles. The van der Waals surface area contributed by atoms with Crippen molar-refractivity contribution in [2.75, 3.05) is 7.11 Å². The Hall–Kier alpha value is -1.82. The number of hydrogen-bond acceptors (Lipinski definition) is 4. The van der Waals surface area contributed by atoms with Crippen molar-refractivity contribution in [1.29, 1.82) is 0 Å². The Morgan fingerprint density at radius 2 is 1.92 bits per heavy atom. The van der Waals surface area contributed by atoms with E-state index in [1.165, 1.54) is 17.7 Å². The zero-order valence-electron chi connectivity index (χ0n) is 14.7. The van der Waals surface area contributed by atoms with Crippen molar-refractivity contribution in [1.82, 2.24) is 5.32 Å². The lowest BCUT2D eigenvalue weighted by Crippen LogP contribution is -2.34. The quantitative estimate of drug-likeness (QED) is 0.713. The first-order valence-corrected chi connectivity index (χ1v) is 8.62. The van der Waals surface area contributed by atoms with Crippen LogP contribution >= 0.6 is 12.4 Å². The number of hydrogen-bond donors (Lipinski definition) is 3. The topological polar surface area (TPSA) is 61.7 Å². The SMILES string of the molecule is COc1ccc(CCC2CCC(C(O)c3ccc(O)c(F)c3)N2)cc1.Cl. The van der Waals surface area contributed by atoms with Gasteiger partial charge < -0.3 is 20.3 Å². The number of aryl methyl sites for hydroxylation is 1. The highest BCUT2D eigenvalue weighted by molar-refractivity contribution is 5.85. The number of aromatic hydroxyl groups is 1. The first-order chi connectivity index (χ1) is 12.1. The van der Waals surface area contributed by atoms with E-state index in [1.807, 2.05) is 12.1 Å². The summed E-state index contributed by atoms with van der Waals surface area (Å²) < 4.78 is 18.6. The van der Waals surface area contributed by atoms with Crippen molar-refractivity contribution >= 4 is 12.4 Å². The molecule has 1 aliphatic heterocycles. The molecule has 4 nitrogen and oxygen atoms in total. The second-order valence-corrected chi connectivity index (χ2v) is 6.59. The van der Waals surface area contributed by atoms with E-state index in [1.54, 1.807) is 13.2 Å². The van der Waals surface area contributed by atoms with E-state index in [-0.39, 0.29) is 18.4 Å². The Labute approximate surface area is 159 Å². The molecule has 3 unspecified atom stereocenters. The number of phenols is 1. The molecular formula is C20H25ClFNO3. The minimum atomic E-state index is -0.777. The molecule has 1 fully saturated rings. The van der Waals surface area contributed by atoms with Gasteiger partial charge in [0, 0.05) is 12.1 Å². The molecule has 1 aliphatic rings. The third-order valence-electron chi connectivity index (χ3n) is 4.91. The molecule has 0 spiro atoms. The fourth-order valence-corrected chi connectivity index (χ4v) is 3.40. The second kappa shape index (κ2) is 9.21. The molecule has 0 radical (unpaired) electrons. The Morgan fingerprint density at radius 1 is 1.19 bits per heavy atom. The second-order valence-electron chi connectivity index (χ2n) is 6.59. The predicted molar refractivity (Wildman–Crippen MR) is 102 cm³/mol. The van der Waals surface area contributed by atoms with Crippen molar-refractivity contribution in [3.8, 4) is 11.5 Å². The van der Waals surface area contributed by atoms with Gasteiger partial charge in [-0.05, 0) is 61.1 Å². The number of phenolic OH excluding ortho intramolecular Hbond substituents is 1. The van der Waals surface area contributed by atoms with E-state index in [9.17, 15) is 14.6 Å². The summed E-state index contributed by atoms with van der Waals surface area (Å²) in [7, 11) is 1.66. The van der Waals surface area contributed by atoms with E-state index in [0.717, 1.165) is 31.4 Å². The summed E-state index contributed by atoms with van der Waals surface area (Å²) >= 11 is 0. The Morgan fingerprint density at radius 3 is 2.58 bits per heavy atom. The number of methoxy groups -OCH3 is 1. The van der Waals surface area contributed by atoms with Gasteiger partial charge in [-0.25, -0.2) is 4.39 Å². The standard InChI is InChI=1S/C20H24FNO3.ClH/c1-25-16-8-3-13(4-9-16)2-6-15-7-10-18(22-15)20(24)14-5-11-19(23)17(21)12-14;/h3-5,8-9,11-12,15,18,20,22-24H,2,6-7,10H2,1H3;1H. The van der Waals surface area contributed by atoms with Gasteiger partial charge in [0.15, 0.2) is 11.6 Å². The first kappa shape index (κ1) is 20.5. The highest BCUT2D eigenvalue weighted by atomic mass is 35.5. The summed E-state index contributed by atoms with van der Waals surface area (Å²) in [5.74, 6) is -0.245. The Kier molecular flexibility index (Phi) is 7.26. The Bertz CT molecular complexity index is 711. The molecular weight excluding hydrogens is 357 g/mol. The summed E-state index contributed by atoms with van der Waals surface area (Å²) in [5, 5.41) is 23.2. The van der Waals surface area contributed by atoms with Gasteiger partial charge in [-0.2, -0.15) is 0 Å². The average molecular weight is 382 g/mol. The van der Waals surface area contributed by atoms with Crippen LogP contribution in [0.3, 0.4) is 0 Å². The molecule has 1 saturated heterocycles. The minimum absolute atomic E-state index is 0. The Balaban J connectivity index is 0.00000243. The van der Waals surface area contributed by atoms with E-state index in [0.29, 0.717) is 11.6 Å². The molecule has 2 aromatic carbocycles. The van der Waals surface area contributed by atoms with Gasteiger partial charge in [-0.15, -0.1) is 12.4 Å². The third-order valence-corrected chi connectivity index (χ3v) is 4.91. The van der Waals surface area contributed by atoms with Crippen molar-refractivity contribution in [3.05, 3.63) is 59.4 Å². The van der Waals surface area contributed by atoms with Crippen molar-refractivity contribution < 1.29 is 19.3 Å². The summed E-state index contributed by atoms with van der Waals surface area (Å²) in [6, 6.07) is 12.4. The lowest BCUT2D eigenvalue weighted by atomic mass is 10.0. The molecule has 1 heterocycles. The van der Waals surface area contributed by atoms with Gasteiger partial charge >= 0.3 is 0 Å². The van der Waals surface area contributed by atoms with Crippen LogP contribution in [0.1, 0.15) is 36.5 Å². The third kappa shape index (κ3) is 4.87. The molecule has 0 amide bonds. The van der Waals surface area contributed by atoms with Gasteiger partial charge in [0.2, 0.25) is 0 Å². The molecule has 26 heavy (non-hydrogen) atoms. The monoisotopic (exact) mass is 381 g/mol. The zero-order valence-corrected chi connectivity index (χ0v) is 15.5. The molecule has 3 rings (SSSR count). The van der Waals surface area contributed by atoms with Crippen LogP contribution in [0.15, 0.2) is 42.5 Å². The lowest BCUT2D eigenvalue weighted by molar-refractivity contribution is 0.134. The average Bonchev–Trinajstić information content (AvgIpc) is 3.11. The highest BCUT2D eigenvalue weighted by Gasteiger charge is 2.30. The summed E-state index contributed by atoms with van der Waals surface area (Å²) in [4.78, 5) is 0. The maximum Gasteiger partial charge on any atom is 0.165 e. The molecule has 0 aliphatic carbocycles. The maximum atomic E-state index is 13.5. The molecule has 2 aromatic rings. The smallest absolute Gasteiger partial charge is 0.165 e. The summed E-state index contributed by atoms with van der Waals surface area (Å²) in [5.41, 5.74) is 1.75. The number of ether oxygens (including phenoxy) is 1. The van der Waals surface area contributed by atoms with E-state index < -0.39 is 17.7 Å². The minimum Gasteiger partial charge on any atom is -0.505 e. The summed E-state index contributed by atoms with van der Waals surface area (Å²) in [6.07, 6.45) is 2.99. The number of aliphatic hydroxyl groups excluding tert-OH is 1. The van der Waals surface area contributed by atoms with Crippen LogP contribution in [0.2, 0.25) is 0 Å². The molecule has 6 heteroatoms. The van der Waals surface area contributed by atoms with Gasteiger partial charge in [0.05, 0.1) is 13.2 Å². The van der Waals surface area contributed by atoms with Crippen LogP contribution in [0.5, 0.6) is 11.5 Å². The molecule has 142 valence electrons. The fourth-order valence-electron chi connectivity index (χ4n) is 3.40. The van der Waals surface area contributed by atoms with Crippen molar-refractivity contribution in [2.45, 2.75) is 43.9 Å². The fraction of sp³-hybridized carbons (Fsp3) is 0.400. The number of aliphatic hydroxyl groups is 1. The van der Waals surface area contributed by atoms with Crippen LogP contribution in [0, 0.1) is 5.82 Å². The molecule has 0 bridgehead atoms. The van der Waals surface area contributed by atoms with Crippen LogP contribution in [0.4, 0.5) is 4.39 Å². The number of benzene rings is 2. The normalized spacial score (nSPS) is 20.4. The van der Waals surface area contributed by atoms with E-state index >= 15 is 0 Å².